The number of aromatic nitrogens is 2. The van der Waals surface area contributed by atoms with Crippen molar-refractivity contribution in [2.45, 2.75) is 37.4 Å². The molecule has 0 radical (unpaired) electrons. The van der Waals surface area contributed by atoms with Gasteiger partial charge in [-0.25, -0.2) is 9.37 Å². The van der Waals surface area contributed by atoms with E-state index in [0.717, 1.165) is 18.5 Å². The summed E-state index contributed by atoms with van der Waals surface area (Å²) in [7, 11) is 0. The monoisotopic (exact) mass is 347 g/mol. The number of anilines is 1. The molecule has 0 saturated heterocycles. The second-order valence-corrected chi connectivity index (χ2v) is 6.70. The van der Waals surface area contributed by atoms with Gasteiger partial charge in [-0.2, -0.15) is 0 Å². The van der Waals surface area contributed by atoms with Gasteiger partial charge in [0, 0.05) is 29.6 Å². The van der Waals surface area contributed by atoms with Crippen LogP contribution in [0.5, 0.6) is 0 Å². The summed E-state index contributed by atoms with van der Waals surface area (Å²) in [5.41, 5.74) is 1.24. The Balaban J connectivity index is 1.71. The highest BCUT2D eigenvalue weighted by Gasteiger charge is 2.27. The van der Waals surface area contributed by atoms with Crippen LogP contribution in [-0.4, -0.2) is 21.2 Å². The lowest BCUT2D eigenvalue weighted by Crippen LogP contribution is -2.27. The number of carbonyl (C=O) groups excluding carboxylic acids is 1. The lowest BCUT2D eigenvalue weighted by molar-refractivity contribution is -0.116. The molecule has 0 bridgehead atoms. The molecule has 1 amide bonds. The Bertz CT molecular complexity index is 804. The number of thioether (sulfide) groups is 1. The highest BCUT2D eigenvalue weighted by atomic mass is 32.2. The number of benzene rings is 1. The molecule has 0 spiro atoms. The van der Waals surface area contributed by atoms with Crippen LogP contribution in [0, 0.1) is 5.82 Å². The molecule has 1 N–H and O–H groups in total. The maximum Gasteiger partial charge on any atom is 0.254 e. The predicted molar refractivity (Wildman–Crippen MR) is 91.9 cm³/mol. The standard InChI is InChI=1S/C17H18FN3O2S/c1-2-3-13-8-16(23)21-14(10-24-17(21)20-13)9-15(22)19-12-6-4-11(18)5-7-12/h4-8,14H,2-3,9-10H2,1H3,(H,19,22)/t14-/m1/s1. The zero-order chi connectivity index (χ0) is 17.1. The summed E-state index contributed by atoms with van der Waals surface area (Å²) in [6.07, 6.45) is 1.90. The van der Waals surface area contributed by atoms with Crippen molar-refractivity contribution < 1.29 is 9.18 Å². The molecule has 0 saturated carbocycles. The molecule has 1 aromatic carbocycles. The van der Waals surface area contributed by atoms with Gasteiger partial charge >= 0.3 is 0 Å². The normalized spacial score (nSPS) is 16.0. The van der Waals surface area contributed by atoms with Crippen LogP contribution in [0.3, 0.4) is 0 Å². The second-order valence-electron chi connectivity index (χ2n) is 5.71. The first-order valence-electron chi connectivity index (χ1n) is 7.87. The fraction of sp³-hybridized carbons (Fsp3) is 0.353. The number of fused-ring (bicyclic) bond motifs is 1. The minimum absolute atomic E-state index is 0.104. The van der Waals surface area contributed by atoms with Crippen molar-refractivity contribution in [3.63, 3.8) is 0 Å². The molecule has 24 heavy (non-hydrogen) atoms. The van der Waals surface area contributed by atoms with E-state index in [1.165, 1.54) is 36.0 Å². The molecule has 1 aromatic heterocycles. The summed E-state index contributed by atoms with van der Waals surface area (Å²) in [6.45, 7) is 2.04. The molecule has 2 aromatic rings. The van der Waals surface area contributed by atoms with Gasteiger partial charge in [0.1, 0.15) is 5.82 Å². The van der Waals surface area contributed by atoms with Crippen molar-refractivity contribution in [2.24, 2.45) is 0 Å². The van der Waals surface area contributed by atoms with Gasteiger partial charge in [-0.1, -0.05) is 25.1 Å². The van der Waals surface area contributed by atoms with E-state index in [9.17, 15) is 14.0 Å². The van der Waals surface area contributed by atoms with E-state index in [1.54, 1.807) is 10.6 Å². The maximum atomic E-state index is 12.9. The third-order valence-corrected chi connectivity index (χ3v) is 4.90. The van der Waals surface area contributed by atoms with E-state index in [0.29, 0.717) is 16.6 Å². The molecule has 2 heterocycles. The molecular weight excluding hydrogens is 329 g/mol. The van der Waals surface area contributed by atoms with Crippen molar-refractivity contribution in [1.82, 2.24) is 9.55 Å². The van der Waals surface area contributed by atoms with Crippen molar-refractivity contribution in [2.75, 3.05) is 11.1 Å². The fourth-order valence-electron chi connectivity index (χ4n) is 2.69. The predicted octanol–water partition coefficient (Wildman–Crippen LogP) is 3.01. The lowest BCUT2D eigenvalue weighted by Gasteiger charge is -2.13. The smallest absolute Gasteiger partial charge is 0.254 e. The van der Waals surface area contributed by atoms with Crippen LogP contribution in [0.15, 0.2) is 40.3 Å². The van der Waals surface area contributed by atoms with Gasteiger partial charge in [0.05, 0.1) is 6.04 Å². The van der Waals surface area contributed by atoms with Crippen molar-refractivity contribution in [3.05, 3.63) is 52.2 Å². The van der Waals surface area contributed by atoms with E-state index in [2.05, 4.69) is 10.3 Å². The van der Waals surface area contributed by atoms with Crippen LogP contribution >= 0.6 is 11.8 Å². The number of amides is 1. The lowest BCUT2D eigenvalue weighted by atomic mass is 10.2. The minimum Gasteiger partial charge on any atom is -0.326 e. The topological polar surface area (TPSA) is 64.0 Å². The van der Waals surface area contributed by atoms with Crippen LogP contribution in [0.2, 0.25) is 0 Å². The first kappa shape index (κ1) is 16.7. The number of nitrogens with zero attached hydrogens (tertiary/aromatic N) is 2. The Morgan fingerprint density at radius 3 is 2.88 bits per heavy atom. The molecule has 0 unspecified atom stereocenters. The van der Waals surface area contributed by atoms with E-state index in [-0.39, 0.29) is 29.7 Å². The van der Waals surface area contributed by atoms with Gasteiger partial charge in [-0.15, -0.1) is 0 Å². The molecule has 1 atom stereocenters. The van der Waals surface area contributed by atoms with E-state index >= 15 is 0 Å². The Kier molecular flexibility index (Phi) is 4.99. The number of rotatable bonds is 5. The summed E-state index contributed by atoms with van der Waals surface area (Å²) in [6, 6.07) is 6.95. The average molecular weight is 347 g/mol. The number of hydrogen-bond donors (Lipinski definition) is 1. The fourth-order valence-corrected chi connectivity index (χ4v) is 3.86. The van der Waals surface area contributed by atoms with Crippen LogP contribution in [0.4, 0.5) is 10.1 Å². The van der Waals surface area contributed by atoms with Gasteiger partial charge in [-0.05, 0) is 30.7 Å². The second kappa shape index (κ2) is 7.17. The number of hydrogen-bond acceptors (Lipinski definition) is 4. The highest BCUT2D eigenvalue weighted by molar-refractivity contribution is 7.99. The van der Waals surface area contributed by atoms with Crippen LogP contribution in [0.25, 0.3) is 0 Å². The molecule has 1 aliphatic rings. The SMILES string of the molecule is CCCc1cc(=O)n2c(n1)SC[C@H]2CC(=O)Nc1ccc(F)cc1. The average Bonchev–Trinajstić information content (AvgIpc) is 2.93. The Morgan fingerprint density at radius 1 is 1.42 bits per heavy atom. The molecular formula is C17H18FN3O2S. The van der Waals surface area contributed by atoms with Gasteiger partial charge in [0.25, 0.3) is 5.56 Å². The van der Waals surface area contributed by atoms with E-state index in [4.69, 9.17) is 0 Å². The number of aryl methyl sites for hydroxylation is 1. The van der Waals surface area contributed by atoms with E-state index in [1.807, 2.05) is 6.92 Å². The Labute approximate surface area is 143 Å². The van der Waals surface area contributed by atoms with Crippen LogP contribution < -0.4 is 10.9 Å². The van der Waals surface area contributed by atoms with Crippen molar-refractivity contribution in [3.8, 4) is 0 Å². The zero-order valence-electron chi connectivity index (χ0n) is 13.3. The van der Waals surface area contributed by atoms with Crippen LogP contribution in [0.1, 0.15) is 31.5 Å². The summed E-state index contributed by atoms with van der Waals surface area (Å²) in [5.74, 6) is 0.0912. The first-order valence-corrected chi connectivity index (χ1v) is 8.86. The third-order valence-electron chi connectivity index (χ3n) is 3.80. The number of carbonyl (C=O) groups is 1. The molecule has 7 heteroatoms. The van der Waals surface area contributed by atoms with Gasteiger partial charge in [-0.3, -0.25) is 14.2 Å². The summed E-state index contributed by atoms with van der Waals surface area (Å²) >= 11 is 1.50. The van der Waals surface area contributed by atoms with Gasteiger partial charge in [0.2, 0.25) is 5.91 Å². The highest BCUT2D eigenvalue weighted by Crippen LogP contribution is 2.32. The molecule has 5 nitrogen and oxygen atoms in total. The number of nitrogens with one attached hydrogen (secondary N) is 1. The van der Waals surface area contributed by atoms with Crippen molar-refractivity contribution >= 4 is 23.4 Å². The van der Waals surface area contributed by atoms with Crippen molar-refractivity contribution in [1.29, 1.82) is 0 Å². The number of halogens is 1. The maximum absolute atomic E-state index is 12.9. The van der Waals surface area contributed by atoms with Gasteiger partial charge < -0.3 is 5.32 Å². The largest absolute Gasteiger partial charge is 0.326 e. The van der Waals surface area contributed by atoms with E-state index < -0.39 is 0 Å². The molecule has 3 rings (SSSR count). The Hall–Kier alpha value is -2.15. The molecule has 0 aliphatic carbocycles. The van der Waals surface area contributed by atoms with Crippen LogP contribution in [-0.2, 0) is 11.2 Å². The molecule has 0 fully saturated rings. The summed E-state index contributed by atoms with van der Waals surface area (Å²) < 4.78 is 14.5. The summed E-state index contributed by atoms with van der Waals surface area (Å²) in [4.78, 5) is 29.0. The molecule has 1 aliphatic heterocycles. The Morgan fingerprint density at radius 2 is 2.17 bits per heavy atom. The minimum atomic E-state index is -0.352. The first-order chi connectivity index (χ1) is 11.6. The zero-order valence-corrected chi connectivity index (χ0v) is 14.1. The van der Waals surface area contributed by atoms with Gasteiger partial charge in [0.15, 0.2) is 5.16 Å². The quantitative estimate of drug-likeness (QED) is 0.845. The summed E-state index contributed by atoms with van der Waals surface area (Å²) in [5, 5.41) is 3.41. The third kappa shape index (κ3) is 3.67. The molecule has 126 valence electrons.